The molecule has 98 valence electrons. The van der Waals surface area contributed by atoms with E-state index < -0.39 is 5.03 Å². The fraction of sp³-hybridized carbons (Fsp3) is 0.182. The van der Waals surface area contributed by atoms with Gasteiger partial charge in [-0.1, -0.05) is 12.3 Å². The smallest absolute Gasteiger partial charge is 0.284 e. The predicted octanol–water partition coefficient (Wildman–Crippen LogP) is 0.920. The molecule has 0 aliphatic heterocycles. The van der Waals surface area contributed by atoms with Crippen LogP contribution in [0, 0.1) is 10.1 Å². The molecule has 0 amide bonds. The van der Waals surface area contributed by atoms with Crippen molar-refractivity contribution in [3.8, 4) is 0 Å². The highest BCUT2D eigenvalue weighted by Gasteiger charge is 2.11. The van der Waals surface area contributed by atoms with Gasteiger partial charge in [-0.25, -0.2) is 20.1 Å². The highest BCUT2D eigenvalue weighted by atomic mass is 16.7. The number of rotatable bonds is 4. The van der Waals surface area contributed by atoms with Gasteiger partial charge in [-0.05, 0) is 17.2 Å². The summed E-state index contributed by atoms with van der Waals surface area (Å²) in [4.78, 5) is 31.7. The molecule has 2 aromatic heterocycles. The lowest BCUT2D eigenvalue weighted by Crippen LogP contribution is -2.11. The first kappa shape index (κ1) is 12.7. The van der Waals surface area contributed by atoms with Gasteiger partial charge in [-0.2, -0.15) is 0 Å². The largest absolute Gasteiger partial charge is 0.329 e. The topological polar surface area (TPSA) is 114 Å². The van der Waals surface area contributed by atoms with Crippen LogP contribution >= 0.6 is 0 Å². The predicted molar refractivity (Wildman–Crippen MR) is 67.2 cm³/mol. The number of hydrogen-bond acceptors (Lipinski definition) is 5. The molecule has 0 spiro atoms. The van der Waals surface area contributed by atoms with E-state index in [4.69, 9.17) is 0 Å². The van der Waals surface area contributed by atoms with Crippen molar-refractivity contribution in [2.45, 2.75) is 12.8 Å². The summed E-state index contributed by atoms with van der Waals surface area (Å²) in [7, 11) is 0. The maximum Gasteiger partial charge on any atom is 0.284 e. The van der Waals surface area contributed by atoms with Gasteiger partial charge in [0.2, 0.25) is 5.56 Å². The Morgan fingerprint density at radius 1 is 1.37 bits per heavy atom. The van der Waals surface area contributed by atoms with Crippen LogP contribution in [0.3, 0.4) is 0 Å². The molecular weight excluding hydrogens is 250 g/mol. The second kappa shape index (κ2) is 5.25. The lowest BCUT2D eigenvalue weighted by Gasteiger charge is -2.10. The van der Waals surface area contributed by atoms with Crippen molar-refractivity contribution in [1.82, 2.24) is 15.0 Å². The molecule has 0 aliphatic rings. The van der Waals surface area contributed by atoms with Gasteiger partial charge in [-0.3, -0.25) is 4.79 Å². The number of nitrogens with one attached hydrogen (secondary N) is 2. The zero-order valence-corrected chi connectivity index (χ0v) is 10.0. The standard InChI is InChI=1S/C11H11N5O3/c1-7(8-2-3-12-10(17)4-8)9-5-13-11(14-6-9)15-16(18)19/h2-7H,1H3,(H,12,17)(H,13,14,15). The van der Waals surface area contributed by atoms with E-state index >= 15 is 0 Å². The molecule has 0 saturated carbocycles. The maximum atomic E-state index is 11.2. The SMILES string of the molecule is CC(c1cnc(N[N+](=O)[O-])nc1)c1cc[nH]c(=O)c1. The Kier molecular flexibility index (Phi) is 3.51. The Morgan fingerprint density at radius 3 is 2.63 bits per heavy atom. The van der Waals surface area contributed by atoms with E-state index in [1.165, 1.54) is 18.5 Å². The first-order chi connectivity index (χ1) is 9.06. The summed E-state index contributed by atoms with van der Waals surface area (Å²) in [6, 6.07) is 3.28. The van der Waals surface area contributed by atoms with Gasteiger partial charge in [0.1, 0.15) is 0 Å². The Balaban J connectivity index is 2.22. The van der Waals surface area contributed by atoms with Crippen LogP contribution in [-0.2, 0) is 0 Å². The van der Waals surface area contributed by atoms with Crippen molar-refractivity contribution in [1.29, 1.82) is 0 Å². The Morgan fingerprint density at radius 2 is 2.05 bits per heavy atom. The van der Waals surface area contributed by atoms with Crippen LogP contribution in [0.15, 0.2) is 35.5 Å². The highest BCUT2D eigenvalue weighted by Crippen LogP contribution is 2.21. The molecular formula is C11H11N5O3. The summed E-state index contributed by atoms with van der Waals surface area (Å²) >= 11 is 0. The van der Waals surface area contributed by atoms with Crippen molar-refractivity contribution >= 4 is 5.95 Å². The van der Waals surface area contributed by atoms with Crippen molar-refractivity contribution in [2.24, 2.45) is 0 Å². The van der Waals surface area contributed by atoms with Gasteiger partial charge in [0, 0.05) is 30.6 Å². The lowest BCUT2D eigenvalue weighted by molar-refractivity contribution is -0.446. The number of nitro groups is 1. The summed E-state index contributed by atoms with van der Waals surface area (Å²) in [6.07, 6.45) is 4.55. The number of H-pyrrole nitrogens is 1. The van der Waals surface area contributed by atoms with E-state index in [1.54, 1.807) is 12.3 Å². The molecule has 0 radical (unpaired) electrons. The van der Waals surface area contributed by atoms with E-state index in [-0.39, 0.29) is 17.4 Å². The molecule has 0 aliphatic carbocycles. The Hall–Kier alpha value is -2.77. The molecule has 0 bridgehead atoms. The number of hydrogen-bond donors (Lipinski definition) is 2. The van der Waals surface area contributed by atoms with Crippen molar-refractivity contribution in [2.75, 3.05) is 5.43 Å². The molecule has 0 fully saturated rings. The van der Waals surface area contributed by atoms with Gasteiger partial charge in [0.25, 0.3) is 5.95 Å². The molecule has 8 heteroatoms. The number of aromatic nitrogens is 3. The minimum absolute atomic E-state index is 0.0769. The minimum Gasteiger partial charge on any atom is -0.329 e. The number of pyridine rings is 1. The first-order valence-electron chi connectivity index (χ1n) is 5.48. The molecule has 0 aromatic carbocycles. The molecule has 0 saturated heterocycles. The number of anilines is 1. The quantitative estimate of drug-likeness (QED) is 0.624. The third kappa shape index (κ3) is 3.12. The molecule has 1 unspecified atom stereocenters. The monoisotopic (exact) mass is 261 g/mol. The number of nitrogens with zero attached hydrogens (tertiary/aromatic N) is 3. The van der Waals surface area contributed by atoms with Crippen LogP contribution in [0.25, 0.3) is 0 Å². The van der Waals surface area contributed by atoms with Crippen LogP contribution in [-0.4, -0.2) is 20.0 Å². The summed E-state index contributed by atoms with van der Waals surface area (Å²) in [5.41, 5.74) is 3.27. The molecule has 2 heterocycles. The average molecular weight is 261 g/mol. The fourth-order valence-electron chi connectivity index (χ4n) is 1.62. The zero-order valence-electron chi connectivity index (χ0n) is 10.0. The van der Waals surface area contributed by atoms with Crippen molar-refractivity contribution in [3.63, 3.8) is 0 Å². The van der Waals surface area contributed by atoms with Gasteiger partial charge >= 0.3 is 0 Å². The maximum absolute atomic E-state index is 11.2. The second-order valence-electron chi connectivity index (χ2n) is 3.92. The van der Waals surface area contributed by atoms with Crippen LogP contribution in [0.5, 0.6) is 0 Å². The van der Waals surface area contributed by atoms with Gasteiger partial charge in [-0.15, -0.1) is 0 Å². The molecule has 8 nitrogen and oxygen atoms in total. The van der Waals surface area contributed by atoms with Crippen LogP contribution in [0.2, 0.25) is 0 Å². The fourth-order valence-corrected chi connectivity index (χ4v) is 1.62. The minimum atomic E-state index is -0.727. The van der Waals surface area contributed by atoms with Crippen LogP contribution < -0.4 is 11.0 Å². The molecule has 19 heavy (non-hydrogen) atoms. The van der Waals surface area contributed by atoms with Crippen LogP contribution in [0.1, 0.15) is 24.0 Å². The third-order valence-electron chi connectivity index (χ3n) is 2.66. The Labute approximate surface area is 107 Å². The first-order valence-corrected chi connectivity index (χ1v) is 5.48. The van der Waals surface area contributed by atoms with Gasteiger partial charge in [0.15, 0.2) is 5.03 Å². The summed E-state index contributed by atoms with van der Waals surface area (Å²) < 4.78 is 0. The van der Waals surface area contributed by atoms with E-state index in [0.717, 1.165) is 11.1 Å². The highest BCUT2D eigenvalue weighted by molar-refractivity contribution is 5.30. The van der Waals surface area contributed by atoms with E-state index in [2.05, 4.69) is 15.0 Å². The van der Waals surface area contributed by atoms with Crippen molar-refractivity contribution < 1.29 is 5.03 Å². The van der Waals surface area contributed by atoms with Crippen molar-refractivity contribution in [3.05, 3.63) is 62.3 Å². The van der Waals surface area contributed by atoms with Crippen LogP contribution in [0.4, 0.5) is 5.95 Å². The zero-order chi connectivity index (χ0) is 13.8. The molecule has 2 N–H and O–H groups in total. The van der Waals surface area contributed by atoms with E-state index in [9.17, 15) is 14.9 Å². The normalized spacial score (nSPS) is 11.8. The third-order valence-corrected chi connectivity index (χ3v) is 2.66. The Bertz CT molecular complexity index is 637. The number of hydrazine groups is 1. The summed E-state index contributed by atoms with van der Waals surface area (Å²) in [5, 5.41) is 9.50. The summed E-state index contributed by atoms with van der Waals surface area (Å²) in [6.45, 7) is 1.90. The number of aromatic amines is 1. The average Bonchev–Trinajstić information content (AvgIpc) is 2.38. The second-order valence-corrected chi connectivity index (χ2v) is 3.92. The van der Waals surface area contributed by atoms with Gasteiger partial charge < -0.3 is 4.98 Å². The van der Waals surface area contributed by atoms with E-state index in [0.29, 0.717) is 0 Å². The summed E-state index contributed by atoms with van der Waals surface area (Å²) in [5.74, 6) is -0.154. The molecule has 1 atom stereocenters. The van der Waals surface area contributed by atoms with E-state index in [1.807, 2.05) is 12.3 Å². The molecule has 2 aromatic rings. The lowest BCUT2D eigenvalue weighted by atomic mass is 9.96. The molecule has 2 rings (SSSR count). The van der Waals surface area contributed by atoms with Gasteiger partial charge in [0.05, 0.1) is 0 Å².